The van der Waals surface area contributed by atoms with Crippen LogP contribution in [0.3, 0.4) is 0 Å². The van der Waals surface area contributed by atoms with E-state index in [1.54, 1.807) is 25.5 Å². The van der Waals surface area contributed by atoms with Crippen molar-refractivity contribution in [2.45, 2.75) is 38.5 Å². The van der Waals surface area contributed by atoms with Gasteiger partial charge in [0.05, 0.1) is 13.4 Å². The number of rotatable bonds is 7. The van der Waals surface area contributed by atoms with Crippen LogP contribution in [0.4, 0.5) is 0 Å². The van der Waals surface area contributed by atoms with Gasteiger partial charge in [-0.25, -0.2) is 0 Å². The fraction of sp³-hybridized carbons (Fsp3) is 0.412. The molecule has 114 valence electrons. The van der Waals surface area contributed by atoms with Crippen molar-refractivity contribution in [3.05, 3.63) is 54.0 Å². The molecule has 0 bridgehead atoms. The van der Waals surface area contributed by atoms with Gasteiger partial charge in [-0.1, -0.05) is 12.1 Å². The van der Waals surface area contributed by atoms with Crippen molar-refractivity contribution in [1.82, 2.24) is 5.32 Å². The van der Waals surface area contributed by atoms with E-state index < -0.39 is 6.10 Å². The maximum Gasteiger partial charge on any atom is 0.132 e. The lowest BCUT2D eigenvalue weighted by Crippen LogP contribution is -2.30. The zero-order valence-electron chi connectivity index (χ0n) is 12.7. The van der Waals surface area contributed by atoms with Crippen LogP contribution in [0.2, 0.25) is 0 Å². The Morgan fingerprint density at radius 3 is 2.48 bits per heavy atom. The number of hydrogen-bond acceptors (Lipinski definition) is 4. The van der Waals surface area contributed by atoms with Crippen molar-refractivity contribution >= 4 is 0 Å². The smallest absolute Gasteiger partial charge is 0.132 e. The molecule has 2 aromatic rings. The molecule has 0 radical (unpaired) electrons. The molecule has 0 aliphatic carbocycles. The van der Waals surface area contributed by atoms with Crippen LogP contribution in [0.1, 0.15) is 43.7 Å². The van der Waals surface area contributed by atoms with Crippen molar-refractivity contribution < 1.29 is 14.3 Å². The Labute approximate surface area is 125 Å². The maximum atomic E-state index is 10.1. The molecule has 0 amide bonds. The molecule has 0 saturated heterocycles. The van der Waals surface area contributed by atoms with Gasteiger partial charge in [-0.05, 0) is 50.1 Å². The van der Waals surface area contributed by atoms with E-state index in [1.165, 1.54) is 5.56 Å². The molecule has 0 fully saturated rings. The number of ether oxygens (including phenoxy) is 1. The van der Waals surface area contributed by atoms with Gasteiger partial charge in [0.1, 0.15) is 17.6 Å². The van der Waals surface area contributed by atoms with E-state index >= 15 is 0 Å². The lowest BCUT2D eigenvalue weighted by molar-refractivity contribution is 0.127. The summed E-state index contributed by atoms with van der Waals surface area (Å²) in [4.78, 5) is 0. The third-order valence-electron chi connectivity index (χ3n) is 3.60. The molecule has 4 heteroatoms. The number of aliphatic hydroxyl groups is 1. The molecule has 1 aromatic heterocycles. The number of hydrogen-bond donors (Lipinski definition) is 2. The quantitative estimate of drug-likeness (QED) is 0.819. The average molecular weight is 289 g/mol. The Morgan fingerprint density at radius 2 is 1.90 bits per heavy atom. The second-order valence-electron chi connectivity index (χ2n) is 5.33. The van der Waals surface area contributed by atoms with Crippen LogP contribution >= 0.6 is 0 Å². The summed E-state index contributed by atoms with van der Waals surface area (Å²) in [5.41, 5.74) is 1.19. The summed E-state index contributed by atoms with van der Waals surface area (Å²) >= 11 is 0. The summed E-state index contributed by atoms with van der Waals surface area (Å²) in [7, 11) is 1.66. The van der Waals surface area contributed by atoms with Crippen LogP contribution in [0.25, 0.3) is 0 Å². The fourth-order valence-corrected chi connectivity index (χ4v) is 2.42. The molecule has 3 atom stereocenters. The van der Waals surface area contributed by atoms with E-state index in [1.807, 2.05) is 24.3 Å². The molecule has 21 heavy (non-hydrogen) atoms. The standard InChI is InChI=1S/C17H23NO3/c1-12(11-16(19)17-5-4-10-21-17)18-13(2)14-6-8-15(20-3)9-7-14/h4-10,12-13,16,18-19H,11H2,1-3H3. The fourth-order valence-electron chi connectivity index (χ4n) is 2.42. The number of benzene rings is 1. The van der Waals surface area contributed by atoms with Crippen LogP contribution in [0.15, 0.2) is 47.1 Å². The monoisotopic (exact) mass is 289 g/mol. The zero-order chi connectivity index (χ0) is 15.2. The van der Waals surface area contributed by atoms with E-state index in [0.717, 1.165) is 5.75 Å². The first kappa shape index (κ1) is 15.6. The molecule has 1 aromatic carbocycles. The van der Waals surface area contributed by atoms with Gasteiger partial charge in [-0.3, -0.25) is 0 Å². The van der Waals surface area contributed by atoms with Crippen molar-refractivity contribution in [3.8, 4) is 5.75 Å². The van der Waals surface area contributed by atoms with Crippen molar-refractivity contribution in [2.75, 3.05) is 7.11 Å². The Morgan fingerprint density at radius 1 is 1.19 bits per heavy atom. The second-order valence-corrected chi connectivity index (χ2v) is 5.33. The molecule has 2 N–H and O–H groups in total. The molecule has 3 unspecified atom stereocenters. The Balaban J connectivity index is 1.87. The lowest BCUT2D eigenvalue weighted by Gasteiger charge is -2.22. The van der Waals surface area contributed by atoms with Gasteiger partial charge in [0.2, 0.25) is 0 Å². The van der Waals surface area contributed by atoms with E-state index in [4.69, 9.17) is 9.15 Å². The van der Waals surface area contributed by atoms with Crippen molar-refractivity contribution in [1.29, 1.82) is 0 Å². The van der Waals surface area contributed by atoms with Gasteiger partial charge in [-0.2, -0.15) is 0 Å². The molecular formula is C17H23NO3. The van der Waals surface area contributed by atoms with Gasteiger partial charge in [0.15, 0.2) is 0 Å². The van der Waals surface area contributed by atoms with Gasteiger partial charge in [0.25, 0.3) is 0 Å². The van der Waals surface area contributed by atoms with E-state index in [9.17, 15) is 5.11 Å². The lowest BCUT2D eigenvalue weighted by atomic mass is 10.0. The van der Waals surface area contributed by atoms with Gasteiger partial charge in [-0.15, -0.1) is 0 Å². The summed E-state index contributed by atoms with van der Waals surface area (Å²) in [6, 6.07) is 12.0. The van der Waals surface area contributed by atoms with Crippen molar-refractivity contribution in [2.24, 2.45) is 0 Å². The van der Waals surface area contributed by atoms with E-state index in [2.05, 4.69) is 19.2 Å². The summed E-state index contributed by atoms with van der Waals surface area (Å²) in [6.45, 7) is 4.17. The number of methoxy groups -OCH3 is 1. The van der Waals surface area contributed by atoms with Crippen LogP contribution in [0, 0.1) is 0 Å². The number of aliphatic hydroxyl groups excluding tert-OH is 1. The van der Waals surface area contributed by atoms with Crippen molar-refractivity contribution in [3.63, 3.8) is 0 Å². The van der Waals surface area contributed by atoms with Crippen LogP contribution in [-0.4, -0.2) is 18.3 Å². The molecule has 4 nitrogen and oxygen atoms in total. The van der Waals surface area contributed by atoms with E-state index in [-0.39, 0.29) is 12.1 Å². The molecule has 0 aliphatic rings. The van der Waals surface area contributed by atoms with Crippen LogP contribution in [0.5, 0.6) is 5.75 Å². The normalized spacial score (nSPS) is 15.4. The minimum Gasteiger partial charge on any atom is -0.497 e. The summed E-state index contributed by atoms with van der Waals surface area (Å²) < 4.78 is 10.4. The SMILES string of the molecule is COc1ccc(C(C)NC(C)CC(O)c2ccco2)cc1. The van der Waals surface area contributed by atoms with Gasteiger partial charge < -0.3 is 19.6 Å². The summed E-state index contributed by atoms with van der Waals surface area (Å²) in [5, 5.41) is 13.6. The maximum absolute atomic E-state index is 10.1. The highest BCUT2D eigenvalue weighted by atomic mass is 16.5. The predicted molar refractivity (Wildman–Crippen MR) is 82.3 cm³/mol. The molecule has 1 heterocycles. The predicted octanol–water partition coefficient (Wildman–Crippen LogP) is 3.45. The topological polar surface area (TPSA) is 54.6 Å². The molecule has 0 aliphatic heterocycles. The Hall–Kier alpha value is -1.78. The summed E-state index contributed by atoms with van der Waals surface area (Å²) in [6.07, 6.45) is 1.61. The highest BCUT2D eigenvalue weighted by molar-refractivity contribution is 5.28. The van der Waals surface area contributed by atoms with E-state index in [0.29, 0.717) is 12.2 Å². The Bertz CT molecular complexity index is 521. The first-order chi connectivity index (χ1) is 10.1. The first-order valence-electron chi connectivity index (χ1n) is 7.21. The van der Waals surface area contributed by atoms with Gasteiger partial charge in [0, 0.05) is 12.1 Å². The minimum atomic E-state index is -0.578. The number of furan rings is 1. The van der Waals surface area contributed by atoms with Crippen LogP contribution in [-0.2, 0) is 0 Å². The largest absolute Gasteiger partial charge is 0.497 e. The highest BCUT2D eigenvalue weighted by Gasteiger charge is 2.16. The first-order valence-corrected chi connectivity index (χ1v) is 7.21. The third kappa shape index (κ3) is 4.34. The molecule has 0 saturated carbocycles. The molecular weight excluding hydrogens is 266 g/mol. The second kappa shape index (κ2) is 7.29. The highest BCUT2D eigenvalue weighted by Crippen LogP contribution is 2.21. The molecule has 2 rings (SSSR count). The molecule has 0 spiro atoms. The zero-order valence-corrected chi connectivity index (χ0v) is 12.7. The average Bonchev–Trinajstić information content (AvgIpc) is 3.01. The summed E-state index contributed by atoms with van der Waals surface area (Å²) in [5.74, 6) is 1.47. The minimum absolute atomic E-state index is 0.169. The Kier molecular flexibility index (Phi) is 5.42. The van der Waals surface area contributed by atoms with Crippen LogP contribution < -0.4 is 10.1 Å². The third-order valence-corrected chi connectivity index (χ3v) is 3.60. The van der Waals surface area contributed by atoms with Gasteiger partial charge >= 0.3 is 0 Å². The number of nitrogens with one attached hydrogen (secondary N) is 1.